The van der Waals surface area contributed by atoms with Crippen LogP contribution in [-0.4, -0.2) is 22.4 Å². The molecule has 0 N–H and O–H groups in total. The van der Waals surface area contributed by atoms with E-state index in [0.29, 0.717) is 18.5 Å². The van der Waals surface area contributed by atoms with Gasteiger partial charge in [-0.3, -0.25) is 10.1 Å². The summed E-state index contributed by atoms with van der Waals surface area (Å²) in [7, 11) is 0. The Morgan fingerprint density at radius 2 is 1.60 bits per heavy atom. The number of non-ortho nitro benzene ring substituents is 1. The first-order chi connectivity index (χ1) is 9.65. The number of hydrogen-bond donors (Lipinski definition) is 0. The maximum Gasteiger partial charge on any atom is 0.269 e. The molecule has 0 bridgehead atoms. The van der Waals surface area contributed by atoms with E-state index < -0.39 is 4.92 Å². The summed E-state index contributed by atoms with van der Waals surface area (Å²) < 4.78 is 0.841. The van der Waals surface area contributed by atoms with Crippen LogP contribution in [0.2, 0.25) is 0 Å². The Balaban J connectivity index is 1.97. The molecular formula is C15H14N2O3. The second-order valence-corrected chi connectivity index (χ2v) is 4.35. The molecule has 2 aromatic rings. The van der Waals surface area contributed by atoms with Crippen molar-refractivity contribution in [2.45, 2.75) is 6.42 Å². The van der Waals surface area contributed by atoms with E-state index in [0.717, 1.165) is 10.3 Å². The molecule has 0 aliphatic carbocycles. The summed E-state index contributed by atoms with van der Waals surface area (Å²) in [6.07, 6.45) is 2.10. The van der Waals surface area contributed by atoms with Crippen molar-refractivity contribution in [3.63, 3.8) is 0 Å². The van der Waals surface area contributed by atoms with Crippen LogP contribution in [0.5, 0.6) is 0 Å². The SMILES string of the molecule is O=[N+]([O-])c1ccc(C=[N+]([O-])CCc2ccccc2)cc1. The second kappa shape index (κ2) is 6.47. The fraction of sp³-hybridized carbons (Fsp3) is 0.133. The molecule has 0 aliphatic rings. The van der Waals surface area contributed by atoms with Crippen LogP contribution in [0.25, 0.3) is 0 Å². The van der Waals surface area contributed by atoms with Crippen molar-refractivity contribution < 1.29 is 9.66 Å². The lowest BCUT2D eigenvalue weighted by Gasteiger charge is -2.04. The topological polar surface area (TPSA) is 69.2 Å². The van der Waals surface area contributed by atoms with Gasteiger partial charge in [0.2, 0.25) is 0 Å². The zero-order chi connectivity index (χ0) is 14.4. The van der Waals surface area contributed by atoms with E-state index in [-0.39, 0.29) is 5.69 Å². The van der Waals surface area contributed by atoms with Crippen LogP contribution in [0.15, 0.2) is 54.6 Å². The summed E-state index contributed by atoms with van der Waals surface area (Å²) in [6.45, 7) is 0.348. The van der Waals surface area contributed by atoms with Crippen LogP contribution in [0, 0.1) is 15.3 Å². The zero-order valence-electron chi connectivity index (χ0n) is 10.8. The minimum absolute atomic E-state index is 0.0175. The number of benzene rings is 2. The van der Waals surface area contributed by atoms with Crippen LogP contribution in [0.1, 0.15) is 11.1 Å². The number of hydrogen-bond acceptors (Lipinski definition) is 3. The molecule has 20 heavy (non-hydrogen) atoms. The van der Waals surface area contributed by atoms with Crippen molar-refractivity contribution in [2.75, 3.05) is 6.54 Å². The van der Waals surface area contributed by atoms with Gasteiger partial charge in [0.15, 0.2) is 12.8 Å². The maximum absolute atomic E-state index is 11.7. The molecule has 0 aliphatic heterocycles. The average molecular weight is 270 g/mol. The van der Waals surface area contributed by atoms with Gasteiger partial charge in [-0.2, -0.15) is 0 Å². The lowest BCUT2D eigenvalue weighted by molar-refractivity contribution is -0.451. The van der Waals surface area contributed by atoms with Gasteiger partial charge in [-0.05, 0) is 17.7 Å². The highest BCUT2D eigenvalue weighted by Crippen LogP contribution is 2.10. The van der Waals surface area contributed by atoms with Gasteiger partial charge < -0.3 is 5.21 Å². The summed E-state index contributed by atoms with van der Waals surface area (Å²) in [6, 6.07) is 15.6. The van der Waals surface area contributed by atoms with Crippen molar-refractivity contribution in [1.29, 1.82) is 0 Å². The summed E-state index contributed by atoms with van der Waals surface area (Å²) >= 11 is 0. The second-order valence-electron chi connectivity index (χ2n) is 4.35. The number of nitrogens with zero attached hydrogens (tertiary/aromatic N) is 2. The molecule has 0 saturated heterocycles. The van der Waals surface area contributed by atoms with E-state index in [2.05, 4.69) is 0 Å². The summed E-state index contributed by atoms with van der Waals surface area (Å²) in [5.74, 6) is 0. The first-order valence-corrected chi connectivity index (χ1v) is 6.22. The minimum atomic E-state index is -0.464. The number of hydroxylamine groups is 1. The standard InChI is InChI=1S/C15H14N2O3/c18-16(11-10-13-4-2-1-3-5-13)12-14-6-8-15(9-7-14)17(19)20/h1-9,12H,10-11H2. The third-order valence-electron chi connectivity index (χ3n) is 2.86. The Hall–Kier alpha value is -2.69. The summed E-state index contributed by atoms with van der Waals surface area (Å²) in [5.41, 5.74) is 1.77. The van der Waals surface area contributed by atoms with Crippen molar-refractivity contribution in [3.05, 3.63) is 81.0 Å². The maximum atomic E-state index is 11.7. The van der Waals surface area contributed by atoms with Crippen LogP contribution >= 0.6 is 0 Å². The Bertz CT molecular complexity index is 607. The fourth-order valence-electron chi connectivity index (χ4n) is 1.80. The molecule has 102 valence electrons. The highest BCUT2D eigenvalue weighted by atomic mass is 16.6. The van der Waals surface area contributed by atoms with Crippen LogP contribution in [0.4, 0.5) is 5.69 Å². The molecule has 2 aromatic carbocycles. The molecule has 0 amide bonds. The van der Waals surface area contributed by atoms with E-state index >= 15 is 0 Å². The predicted octanol–water partition coefficient (Wildman–Crippen LogP) is 2.77. The number of nitro benzene ring substituents is 1. The molecule has 2 rings (SSSR count). The van der Waals surface area contributed by atoms with Crippen LogP contribution in [0.3, 0.4) is 0 Å². The average Bonchev–Trinajstić information content (AvgIpc) is 2.47. The highest BCUT2D eigenvalue weighted by Gasteiger charge is 2.04. The zero-order valence-corrected chi connectivity index (χ0v) is 10.8. The van der Waals surface area contributed by atoms with E-state index in [4.69, 9.17) is 0 Å². The Morgan fingerprint density at radius 3 is 2.20 bits per heavy atom. The Labute approximate surface area is 116 Å². The molecule has 5 nitrogen and oxygen atoms in total. The fourth-order valence-corrected chi connectivity index (χ4v) is 1.80. The third-order valence-corrected chi connectivity index (χ3v) is 2.86. The predicted molar refractivity (Wildman–Crippen MR) is 76.9 cm³/mol. The van der Waals surface area contributed by atoms with Gasteiger partial charge in [-0.15, -0.1) is 0 Å². The molecule has 0 fully saturated rings. The van der Waals surface area contributed by atoms with E-state index in [9.17, 15) is 15.3 Å². The lowest BCUT2D eigenvalue weighted by Crippen LogP contribution is -2.10. The molecule has 5 heteroatoms. The van der Waals surface area contributed by atoms with Gasteiger partial charge in [-0.1, -0.05) is 30.3 Å². The van der Waals surface area contributed by atoms with Crippen molar-refractivity contribution in [1.82, 2.24) is 0 Å². The third kappa shape index (κ3) is 3.91. The highest BCUT2D eigenvalue weighted by molar-refractivity contribution is 5.76. The molecular weight excluding hydrogens is 256 g/mol. The van der Waals surface area contributed by atoms with Crippen LogP contribution in [-0.2, 0) is 6.42 Å². The smallest absolute Gasteiger partial charge is 0.269 e. The van der Waals surface area contributed by atoms with Gasteiger partial charge >= 0.3 is 0 Å². The van der Waals surface area contributed by atoms with Gasteiger partial charge in [-0.25, -0.2) is 4.74 Å². The Kier molecular flexibility index (Phi) is 4.44. The van der Waals surface area contributed by atoms with E-state index in [1.54, 1.807) is 12.1 Å². The summed E-state index contributed by atoms with van der Waals surface area (Å²) in [5, 5.41) is 22.2. The molecule has 0 atom stereocenters. The Morgan fingerprint density at radius 1 is 0.950 bits per heavy atom. The number of rotatable bonds is 5. The molecule has 0 radical (unpaired) electrons. The van der Waals surface area contributed by atoms with Crippen molar-refractivity contribution in [3.8, 4) is 0 Å². The summed E-state index contributed by atoms with van der Waals surface area (Å²) in [4.78, 5) is 10.1. The van der Waals surface area contributed by atoms with Gasteiger partial charge in [0.1, 0.15) is 0 Å². The molecule has 0 aromatic heterocycles. The van der Waals surface area contributed by atoms with Gasteiger partial charge in [0.25, 0.3) is 5.69 Å². The molecule has 0 heterocycles. The van der Waals surface area contributed by atoms with Crippen molar-refractivity contribution >= 4 is 11.9 Å². The number of nitro groups is 1. The molecule has 0 unspecified atom stereocenters. The van der Waals surface area contributed by atoms with E-state index in [1.807, 2.05) is 30.3 Å². The van der Waals surface area contributed by atoms with Crippen LogP contribution < -0.4 is 0 Å². The first kappa shape index (κ1) is 13.7. The monoisotopic (exact) mass is 270 g/mol. The lowest BCUT2D eigenvalue weighted by atomic mass is 10.1. The first-order valence-electron chi connectivity index (χ1n) is 6.22. The van der Waals surface area contributed by atoms with Crippen molar-refractivity contribution in [2.24, 2.45) is 0 Å². The quantitative estimate of drug-likeness (QED) is 0.276. The molecule has 0 saturated carbocycles. The van der Waals surface area contributed by atoms with Gasteiger partial charge in [0.05, 0.1) is 4.92 Å². The molecule has 0 spiro atoms. The van der Waals surface area contributed by atoms with Gasteiger partial charge in [0, 0.05) is 24.1 Å². The van der Waals surface area contributed by atoms with E-state index in [1.165, 1.54) is 18.3 Å². The normalized spacial score (nSPS) is 11.3. The minimum Gasteiger partial charge on any atom is -0.624 e. The largest absolute Gasteiger partial charge is 0.624 e.